The Morgan fingerprint density at radius 1 is 0.272 bits per heavy atom. The largest absolute Gasteiger partial charge is 0.442 e. The number of nitrogens with zero attached hydrogens (tertiary/aromatic N) is 1. The van der Waals surface area contributed by atoms with Crippen LogP contribution >= 0.6 is 0 Å². The first-order valence-corrected chi connectivity index (χ1v) is 28.7. The maximum absolute atomic E-state index is 11.5. The van der Waals surface area contributed by atoms with Gasteiger partial charge in [-0.1, -0.05) is 0 Å². The van der Waals surface area contributed by atoms with Crippen LogP contribution in [0.25, 0.3) is 0 Å². The third kappa shape index (κ3) is 72.5. The monoisotopic (exact) mass is 1190 g/mol. The lowest BCUT2D eigenvalue weighted by Gasteiger charge is -2.22. The Balaban J connectivity index is 3.73. The summed E-state index contributed by atoms with van der Waals surface area (Å²) in [5.41, 5.74) is 12.4. The standard InChI is InChI=1S/C53H110N4O24/c1-53(2,3)81-52(58)56-80-51-50-79-49-48-78-47-46-77-45-44-76-43-42-75-41-40-74-39-38-73-37-36-72-35-34-71-33-28-68-23-18-63-13-8-57(6-11-61-16-21-66-26-31-69-29-24-64-19-14-59-9-4-54)7-12-62-17-22-67-27-32-70-30-25-65-20-15-60-10-5-55/h4-51,54-55H2,1-3H3,(H,56,58). The summed E-state index contributed by atoms with van der Waals surface area (Å²) in [6.45, 7) is 29.0. The molecule has 81 heavy (non-hydrogen) atoms. The van der Waals surface area contributed by atoms with Gasteiger partial charge in [-0.3, -0.25) is 9.74 Å². The van der Waals surface area contributed by atoms with Crippen molar-refractivity contribution < 1.29 is 114 Å². The Morgan fingerprint density at radius 3 is 0.605 bits per heavy atom. The van der Waals surface area contributed by atoms with Crippen molar-refractivity contribution in [2.24, 2.45) is 11.5 Å². The molecule has 0 rings (SSSR count). The zero-order chi connectivity index (χ0) is 58.6. The van der Waals surface area contributed by atoms with Gasteiger partial charge in [-0.15, -0.1) is 0 Å². The van der Waals surface area contributed by atoms with Gasteiger partial charge < -0.3 is 116 Å². The maximum atomic E-state index is 11.5. The van der Waals surface area contributed by atoms with Crippen molar-refractivity contribution in [3.63, 3.8) is 0 Å². The molecule has 0 aromatic heterocycles. The molecule has 0 aromatic rings. The highest BCUT2D eigenvalue weighted by Gasteiger charge is 2.16. The molecule has 0 unspecified atom stereocenters. The van der Waals surface area contributed by atoms with Gasteiger partial charge >= 0.3 is 6.09 Å². The van der Waals surface area contributed by atoms with E-state index in [-0.39, 0.29) is 6.61 Å². The Kier molecular flexibility index (Phi) is 67.6. The van der Waals surface area contributed by atoms with Crippen LogP contribution in [0.4, 0.5) is 4.79 Å². The van der Waals surface area contributed by atoms with Crippen LogP contribution in [0.5, 0.6) is 0 Å². The number of hydroxylamine groups is 1. The number of hydrogen-bond donors (Lipinski definition) is 3. The van der Waals surface area contributed by atoms with Gasteiger partial charge in [-0.25, -0.2) is 4.79 Å². The number of carbonyl (C=O) groups is 1. The lowest BCUT2D eigenvalue weighted by Crippen LogP contribution is -2.34. The van der Waals surface area contributed by atoms with E-state index in [4.69, 9.17) is 121 Å². The molecule has 5 N–H and O–H groups in total. The van der Waals surface area contributed by atoms with Crippen molar-refractivity contribution in [2.45, 2.75) is 26.4 Å². The van der Waals surface area contributed by atoms with Gasteiger partial charge in [0.1, 0.15) is 5.60 Å². The Labute approximate surface area is 483 Å². The summed E-state index contributed by atoms with van der Waals surface area (Å²) in [5.74, 6) is 0. The van der Waals surface area contributed by atoms with Crippen molar-refractivity contribution >= 4 is 6.09 Å². The van der Waals surface area contributed by atoms with Gasteiger partial charge in [0.15, 0.2) is 0 Å². The molecular weight excluding hydrogens is 1080 g/mol. The molecule has 0 aliphatic rings. The van der Waals surface area contributed by atoms with Crippen LogP contribution in [0.1, 0.15) is 20.8 Å². The molecular formula is C53H110N4O24. The minimum absolute atomic E-state index is 0.196. The van der Waals surface area contributed by atoms with E-state index in [1.807, 2.05) is 0 Å². The highest BCUT2D eigenvalue weighted by Crippen LogP contribution is 2.06. The second kappa shape index (κ2) is 69.0. The molecule has 0 saturated heterocycles. The van der Waals surface area contributed by atoms with E-state index in [2.05, 4.69) is 10.4 Å². The van der Waals surface area contributed by atoms with Crippen molar-refractivity contribution in [1.29, 1.82) is 0 Å². The number of carbonyl (C=O) groups excluding carboxylic acids is 1. The predicted molar refractivity (Wildman–Crippen MR) is 297 cm³/mol. The molecule has 0 heterocycles. The SMILES string of the molecule is CC(C)(C)OC(=O)NOCCOCCOCCOCCOCCOCCOCCOCCOCCOCCOCCOCCN(CCOCCOCCOCCOCCOCCN)CCOCCOCCOCCOCCOCCN. The molecule has 0 aliphatic carbocycles. The number of amides is 1. The van der Waals surface area contributed by atoms with Gasteiger partial charge in [-0.2, -0.15) is 5.48 Å². The lowest BCUT2D eigenvalue weighted by atomic mass is 10.2. The molecule has 0 bridgehead atoms. The van der Waals surface area contributed by atoms with Crippen molar-refractivity contribution in [3.05, 3.63) is 0 Å². The van der Waals surface area contributed by atoms with Gasteiger partial charge in [0.25, 0.3) is 0 Å². The van der Waals surface area contributed by atoms with E-state index in [9.17, 15) is 4.79 Å². The summed E-state index contributed by atoms with van der Waals surface area (Å²) in [4.78, 5) is 18.7. The van der Waals surface area contributed by atoms with Crippen molar-refractivity contribution in [1.82, 2.24) is 10.4 Å². The molecule has 0 saturated carbocycles. The zero-order valence-corrected chi connectivity index (χ0v) is 49.8. The average molecular weight is 1190 g/mol. The molecule has 28 heteroatoms. The van der Waals surface area contributed by atoms with Crippen LogP contribution in [0.15, 0.2) is 0 Å². The molecule has 0 aromatic carbocycles. The van der Waals surface area contributed by atoms with Crippen molar-refractivity contribution in [2.75, 3.05) is 317 Å². The Hall–Kier alpha value is -1.73. The van der Waals surface area contributed by atoms with Crippen LogP contribution in [0.2, 0.25) is 0 Å². The first kappa shape index (κ1) is 79.3. The zero-order valence-electron chi connectivity index (χ0n) is 49.8. The average Bonchev–Trinajstić information content (AvgIpc) is 3.44. The summed E-state index contributed by atoms with van der Waals surface area (Å²) in [6, 6.07) is 0. The van der Waals surface area contributed by atoms with Gasteiger partial charge in [0.2, 0.25) is 0 Å². The fourth-order valence-electron chi connectivity index (χ4n) is 5.86. The van der Waals surface area contributed by atoms with E-state index in [0.717, 1.165) is 19.6 Å². The first-order chi connectivity index (χ1) is 39.9. The second-order valence-electron chi connectivity index (χ2n) is 17.7. The van der Waals surface area contributed by atoms with Gasteiger partial charge in [-0.05, 0) is 20.8 Å². The van der Waals surface area contributed by atoms with Crippen LogP contribution < -0.4 is 16.9 Å². The van der Waals surface area contributed by atoms with Crippen LogP contribution in [-0.4, -0.2) is 333 Å². The van der Waals surface area contributed by atoms with Crippen LogP contribution in [0.3, 0.4) is 0 Å². The van der Waals surface area contributed by atoms with Crippen LogP contribution in [0, 0.1) is 0 Å². The van der Waals surface area contributed by atoms with Gasteiger partial charge in [0.05, 0.1) is 284 Å². The highest BCUT2D eigenvalue weighted by molar-refractivity contribution is 5.66. The predicted octanol–water partition coefficient (Wildman–Crippen LogP) is 0.0107. The topological polar surface area (TPSA) is 297 Å². The van der Waals surface area contributed by atoms with E-state index >= 15 is 0 Å². The minimum Gasteiger partial charge on any atom is -0.442 e. The summed E-state index contributed by atoms with van der Waals surface area (Å²) in [7, 11) is 0. The third-order valence-corrected chi connectivity index (χ3v) is 9.76. The van der Waals surface area contributed by atoms with E-state index < -0.39 is 11.7 Å². The van der Waals surface area contributed by atoms with E-state index in [1.165, 1.54) is 0 Å². The highest BCUT2D eigenvalue weighted by atomic mass is 16.7. The quantitative estimate of drug-likeness (QED) is 0.0534. The Morgan fingerprint density at radius 2 is 0.432 bits per heavy atom. The number of ether oxygens (including phenoxy) is 22. The summed E-state index contributed by atoms with van der Waals surface area (Å²) >= 11 is 0. The van der Waals surface area contributed by atoms with E-state index in [0.29, 0.717) is 291 Å². The molecule has 0 atom stereocenters. The molecule has 28 nitrogen and oxygen atoms in total. The molecule has 0 radical (unpaired) electrons. The first-order valence-electron chi connectivity index (χ1n) is 28.7. The van der Waals surface area contributed by atoms with Gasteiger partial charge in [0, 0.05) is 32.7 Å². The maximum Gasteiger partial charge on any atom is 0.431 e. The molecule has 0 spiro atoms. The van der Waals surface area contributed by atoms with Crippen LogP contribution in [-0.2, 0) is 109 Å². The summed E-state index contributed by atoms with van der Waals surface area (Å²) < 4.78 is 122. The Bertz CT molecular complexity index is 1160. The lowest BCUT2D eigenvalue weighted by molar-refractivity contribution is -0.0382. The molecule has 0 aliphatic heterocycles. The fraction of sp³-hybridized carbons (Fsp3) is 0.981. The summed E-state index contributed by atoms with van der Waals surface area (Å²) in [5, 5.41) is 0. The molecule has 486 valence electrons. The number of hydrogen-bond acceptors (Lipinski definition) is 27. The van der Waals surface area contributed by atoms with E-state index in [1.54, 1.807) is 20.8 Å². The fourth-order valence-corrected chi connectivity index (χ4v) is 5.86. The second-order valence-corrected chi connectivity index (χ2v) is 17.7. The number of nitrogens with two attached hydrogens (primary N) is 2. The summed E-state index contributed by atoms with van der Waals surface area (Å²) in [6.07, 6.45) is -0.644. The number of rotatable bonds is 71. The van der Waals surface area contributed by atoms with Crippen molar-refractivity contribution in [3.8, 4) is 0 Å². The molecule has 1 amide bonds. The third-order valence-electron chi connectivity index (χ3n) is 9.76. The molecule has 0 fully saturated rings. The normalized spacial score (nSPS) is 11.9. The minimum atomic E-state index is -0.644. The smallest absolute Gasteiger partial charge is 0.431 e. The number of nitrogens with one attached hydrogen (secondary N) is 1.